The highest BCUT2D eigenvalue weighted by molar-refractivity contribution is 5.79. The Morgan fingerprint density at radius 1 is 1.31 bits per heavy atom. The molecule has 1 aliphatic heterocycles. The molecule has 2 fully saturated rings. The Kier molecular flexibility index (Phi) is 6.22. The number of carbonyl (C=O) groups excluding carboxylic acids is 1. The molecule has 1 aromatic heterocycles. The van der Waals surface area contributed by atoms with Crippen LogP contribution in [0.1, 0.15) is 46.0 Å². The summed E-state index contributed by atoms with van der Waals surface area (Å²) in [5, 5.41) is 3.24. The number of nitrogens with one attached hydrogen (secondary N) is 1. The largest absolute Gasteiger partial charge is 0.476 e. The molecule has 1 saturated carbocycles. The number of pyridine rings is 1. The Balaban J connectivity index is 1.76. The minimum Gasteiger partial charge on any atom is -0.476 e. The van der Waals surface area contributed by atoms with Crippen LogP contribution in [-0.4, -0.2) is 43.8 Å². The lowest BCUT2D eigenvalue weighted by Crippen LogP contribution is -2.32. The van der Waals surface area contributed by atoms with Crippen molar-refractivity contribution in [1.82, 2.24) is 4.98 Å². The minimum atomic E-state index is -0.401. The third kappa shape index (κ3) is 5.02. The summed E-state index contributed by atoms with van der Waals surface area (Å²) in [6.07, 6.45) is 5.60. The summed E-state index contributed by atoms with van der Waals surface area (Å²) in [7, 11) is 1.42. The zero-order valence-electron chi connectivity index (χ0n) is 16.2. The summed E-state index contributed by atoms with van der Waals surface area (Å²) in [6, 6.07) is 3.60. The standard InChI is InChI=1S/C20H31N3O3/c1-14(2)12-16(20(24)25-3)21-18-9-8-17(23-10-4-5-11-23)19(22-18)26-13-15-6-7-15/h8-9,14-16H,4-7,10-13H2,1-3H3,(H,21,22). The van der Waals surface area contributed by atoms with E-state index in [0.29, 0.717) is 30.0 Å². The zero-order valence-corrected chi connectivity index (χ0v) is 16.2. The predicted molar refractivity (Wildman–Crippen MR) is 103 cm³/mol. The number of hydrogen-bond donors (Lipinski definition) is 1. The summed E-state index contributed by atoms with van der Waals surface area (Å²) in [5.74, 6) is 2.13. The summed E-state index contributed by atoms with van der Waals surface area (Å²) in [5.41, 5.74) is 1.06. The number of aromatic nitrogens is 1. The number of ether oxygens (including phenoxy) is 2. The van der Waals surface area contributed by atoms with Gasteiger partial charge in [0.1, 0.15) is 17.5 Å². The van der Waals surface area contributed by atoms with Gasteiger partial charge in [-0.25, -0.2) is 4.79 Å². The number of carbonyl (C=O) groups is 1. The van der Waals surface area contributed by atoms with E-state index in [1.807, 2.05) is 6.07 Å². The van der Waals surface area contributed by atoms with Crippen LogP contribution in [-0.2, 0) is 9.53 Å². The van der Waals surface area contributed by atoms with Gasteiger partial charge in [0, 0.05) is 13.1 Å². The first kappa shape index (κ1) is 18.8. The van der Waals surface area contributed by atoms with E-state index in [9.17, 15) is 4.79 Å². The highest BCUT2D eigenvalue weighted by atomic mass is 16.5. The van der Waals surface area contributed by atoms with E-state index in [1.165, 1.54) is 32.8 Å². The SMILES string of the molecule is COC(=O)C(CC(C)C)Nc1ccc(N2CCCC2)c(OCC2CC2)n1. The van der Waals surface area contributed by atoms with Gasteiger partial charge in [0.15, 0.2) is 0 Å². The molecular weight excluding hydrogens is 330 g/mol. The van der Waals surface area contributed by atoms with Gasteiger partial charge in [0.2, 0.25) is 5.88 Å². The monoisotopic (exact) mass is 361 g/mol. The van der Waals surface area contributed by atoms with Crippen molar-refractivity contribution in [2.24, 2.45) is 11.8 Å². The van der Waals surface area contributed by atoms with E-state index < -0.39 is 6.04 Å². The number of methoxy groups -OCH3 is 1. The van der Waals surface area contributed by atoms with Crippen LogP contribution in [0.2, 0.25) is 0 Å². The van der Waals surface area contributed by atoms with Crippen LogP contribution in [0, 0.1) is 11.8 Å². The third-order valence-corrected chi connectivity index (χ3v) is 4.95. The van der Waals surface area contributed by atoms with E-state index in [0.717, 1.165) is 25.4 Å². The van der Waals surface area contributed by atoms with Crippen LogP contribution in [0.3, 0.4) is 0 Å². The molecule has 26 heavy (non-hydrogen) atoms. The van der Waals surface area contributed by atoms with Crippen LogP contribution in [0.25, 0.3) is 0 Å². The molecule has 2 aliphatic rings. The number of anilines is 2. The average molecular weight is 361 g/mol. The highest BCUT2D eigenvalue weighted by Crippen LogP contribution is 2.34. The fraction of sp³-hybridized carbons (Fsp3) is 0.700. The zero-order chi connectivity index (χ0) is 18.5. The van der Waals surface area contributed by atoms with Crippen molar-refractivity contribution in [2.45, 2.75) is 52.0 Å². The Bertz CT molecular complexity index is 610. The summed E-state index contributed by atoms with van der Waals surface area (Å²) in [4.78, 5) is 19.1. The Hall–Kier alpha value is -1.98. The van der Waals surface area contributed by atoms with Gasteiger partial charge in [-0.05, 0) is 56.1 Å². The van der Waals surface area contributed by atoms with Gasteiger partial charge in [0.05, 0.1) is 13.7 Å². The minimum absolute atomic E-state index is 0.260. The molecule has 144 valence electrons. The van der Waals surface area contributed by atoms with Crippen molar-refractivity contribution in [1.29, 1.82) is 0 Å². The fourth-order valence-electron chi connectivity index (χ4n) is 3.31. The van der Waals surface area contributed by atoms with Crippen molar-refractivity contribution in [3.63, 3.8) is 0 Å². The van der Waals surface area contributed by atoms with Gasteiger partial charge in [-0.3, -0.25) is 0 Å². The normalized spacial score (nSPS) is 18.1. The van der Waals surface area contributed by atoms with Gasteiger partial charge >= 0.3 is 5.97 Å². The van der Waals surface area contributed by atoms with E-state index in [1.54, 1.807) is 0 Å². The topological polar surface area (TPSA) is 63.7 Å². The molecule has 1 N–H and O–H groups in total. The molecule has 0 spiro atoms. The first-order valence-electron chi connectivity index (χ1n) is 9.80. The molecule has 1 atom stereocenters. The van der Waals surface area contributed by atoms with Gasteiger partial charge in [-0.15, -0.1) is 0 Å². The molecule has 6 heteroatoms. The molecule has 0 bridgehead atoms. The van der Waals surface area contributed by atoms with E-state index in [2.05, 4.69) is 30.1 Å². The number of esters is 1. The second-order valence-corrected chi connectivity index (χ2v) is 7.82. The van der Waals surface area contributed by atoms with Crippen LogP contribution >= 0.6 is 0 Å². The molecule has 1 aliphatic carbocycles. The molecule has 6 nitrogen and oxygen atoms in total. The van der Waals surface area contributed by atoms with Crippen LogP contribution in [0.4, 0.5) is 11.5 Å². The maximum Gasteiger partial charge on any atom is 0.328 e. The first-order valence-corrected chi connectivity index (χ1v) is 9.80. The predicted octanol–water partition coefficient (Wildman–Crippen LogP) is 3.47. The molecule has 0 amide bonds. The maximum absolute atomic E-state index is 12.1. The summed E-state index contributed by atoms with van der Waals surface area (Å²) >= 11 is 0. The van der Waals surface area contributed by atoms with Crippen molar-refractivity contribution in [3.8, 4) is 5.88 Å². The molecule has 0 radical (unpaired) electrons. The molecule has 3 rings (SSSR count). The quantitative estimate of drug-likeness (QED) is 0.680. The van der Waals surface area contributed by atoms with E-state index >= 15 is 0 Å². The molecule has 2 heterocycles. The molecule has 1 saturated heterocycles. The lowest BCUT2D eigenvalue weighted by molar-refractivity contribution is -0.141. The lowest BCUT2D eigenvalue weighted by atomic mass is 10.0. The molecular formula is C20H31N3O3. The van der Waals surface area contributed by atoms with Crippen molar-refractivity contribution < 1.29 is 14.3 Å². The smallest absolute Gasteiger partial charge is 0.328 e. The van der Waals surface area contributed by atoms with E-state index in [4.69, 9.17) is 14.5 Å². The highest BCUT2D eigenvalue weighted by Gasteiger charge is 2.25. The molecule has 0 aromatic carbocycles. The van der Waals surface area contributed by atoms with Crippen LogP contribution in [0.5, 0.6) is 5.88 Å². The average Bonchev–Trinajstić information content (AvgIpc) is 3.30. The second-order valence-electron chi connectivity index (χ2n) is 7.82. The van der Waals surface area contributed by atoms with Crippen molar-refractivity contribution in [2.75, 3.05) is 37.0 Å². The van der Waals surface area contributed by atoms with Crippen molar-refractivity contribution >= 4 is 17.5 Å². The van der Waals surface area contributed by atoms with Gasteiger partial charge in [-0.2, -0.15) is 4.98 Å². The lowest BCUT2D eigenvalue weighted by Gasteiger charge is -2.23. The third-order valence-electron chi connectivity index (χ3n) is 4.95. The van der Waals surface area contributed by atoms with Crippen molar-refractivity contribution in [3.05, 3.63) is 12.1 Å². The Morgan fingerprint density at radius 3 is 2.65 bits per heavy atom. The van der Waals surface area contributed by atoms with Gasteiger partial charge in [0.25, 0.3) is 0 Å². The van der Waals surface area contributed by atoms with Crippen LogP contribution in [0.15, 0.2) is 12.1 Å². The Morgan fingerprint density at radius 2 is 2.04 bits per heavy atom. The first-order chi connectivity index (χ1) is 12.6. The van der Waals surface area contributed by atoms with Gasteiger partial charge in [-0.1, -0.05) is 13.8 Å². The Labute approximate surface area is 156 Å². The van der Waals surface area contributed by atoms with Crippen LogP contribution < -0.4 is 15.0 Å². The van der Waals surface area contributed by atoms with Gasteiger partial charge < -0.3 is 19.7 Å². The molecule has 1 unspecified atom stereocenters. The summed E-state index contributed by atoms with van der Waals surface area (Å²) < 4.78 is 11.0. The number of rotatable bonds is 9. The number of hydrogen-bond acceptors (Lipinski definition) is 6. The number of nitrogens with zero attached hydrogens (tertiary/aromatic N) is 2. The summed E-state index contributed by atoms with van der Waals surface area (Å²) in [6.45, 7) is 7.00. The fourth-order valence-corrected chi connectivity index (χ4v) is 3.31. The van der Waals surface area contributed by atoms with E-state index in [-0.39, 0.29) is 5.97 Å². The maximum atomic E-state index is 12.1. The molecule has 1 aromatic rings. The second kappa shape index (κ2) is 8.60.